The summed E-state index contributed by atoms with van der Waals surface area (Å²) >= 11 is 0. The summed E-state index contributed by atoms with van der Waals surface area (Å²) in [6.45, 7) is 1.89. The van der Waals surface area contributed by atoms with Gasteiger partial charge in [-0.3, -0.25) is 4.79 Å². The lowest BCUT2D eigenvalue weighted by atomic mass is 10.1. The van der Waals surface area contributed by atoms with Gasteiger partial charge < -0.3 is 5.32 Å². The van der Waals surface area contributed by atoms with Crippen molar-refractivity contribution in [1.82, 2.24) is 15.1 Å². The lowest BCUT2D eigenvalue weighted by Gasteiger charge is -2.14. The van der Waals surface area contributed by atoms with E-state index >= 15 is 0 Å². The van der Waals surface area contributed by atoms with Gasteiger partial charge in [0.25, 0.3) is 5.91 Å². The molecule has 1 aliphatic carbocycles. The molecule has 0 fully saturated rings. The third kappa shape index (κ3) is 3.01. The van der Waals surface area contributed by atoms with Gasteiger partial charge in [0.1, 0.15) is 5.82 Å². The number of amides is 1. The Labute approximate surface area is 151 Å². The highest BCUT2D eigenvalue weighted by molar-refractivity contribution is 5.94. The first kappa shape index (κ1) is 16.5. The number of carbonyl (C=O) groups is 1. The Morgan fingerprint density at radius 2 is 1.85 bits per heavy atom. The zero-order valence-electron chi connectivity index (χ0n) is 14.6. The maximum atomic E-state index is 13.1. The molecule has 1 amide bonds. The van der Waals surface area contributed by atoms with Crippen LogP contribution in [0.1, 0.15) is 46.7 Å². The van der Waals surface area contributed by atoms with Crippen LogP contribution in [0, 0.1) is 5.82 Å². The summed E-state index contributed by atoms with van der Waals surface area (Å²) in [6.07, 6.45) is 2.84. The summed E-state index contributed by atoms with van der Waals surface area (Å²) in [5.41, 5.74) is 4.49. The quantitative estimate of drug-likeness (QED) is 0.774. The van der Waals surface area contributed by atoms with E-state index in [2.05, 4.69) is 10.4 Å². The lowest BCUT2D eigenvalue weighted by molar-refractivity contribution is 0.0933. The first-order valence-corrected chi connectivity index (χ1v) is 8.86. The molecule has 2 aromatic carbocycles. The Morgan fingerprint density at radius 1 is 1.12 bits per heavy atom. The molecule has 0 saturated heterocycles. The van der Waals surface area contributed by atoms with E-state index in [4.69, 9.17) is 0 Å². The maximum Gasteiger partial charge on any atom is 0.272 e. The fourth-order valence-corrected chi connectivity index (χ4v) is 3.50. The number of rotatable bonds is 4. The summed E-state index contributed by atoms with van der Waals surface area (Å²) in [6, 6.07) is 15.8. The molecular formula is C21H20FN3O. The van der Waals surface area contributed by atoms with Crippen LogP contribution < -0.4 is 5.32 Å². The fraction of sp³-hybridized carbons (Fsp3) is 0.238. The second-order valence-electron chi connectivity index (χ2n) is 6.62. The molecular weight excluding hydrogens is 329 g/mol. The second-order valence-corrected chi connectivity index (χ2v) is 6.62. The molecule has 1 aromatic heterocycles. The van der Waals surface area contributed by atoms with Crippen LogP contribution >= 0.6 is 0 Å². The third-order valence-corrected chi connectivity index (χ3v) is 4.86. The molecule has 0 radical (unpaired) electrons. The maximum absolute atomic E-state index is 13.1. The molecule has 1 aliphatic rings. The molecule has 0 saturated carbocycles. The first-order chi connectivity index (χ1) is 12.6. The third-order valence-electron chi connectivity index (χ3n) is 4.86. The van der Waals surface area contributed by atoms with Gasteiger partial charge in [-0.05, 0) is 56.0 Å². The zero-order valence-corrected chi connectivity index (χ0v) is 14.6. The summed E-state index contributed by atoms with van der Waals surface area (Å²) in [5.74, 6) is -0.471. The van der Waals surface area contributed by atoms with Crippen LogP contribution in [0.3, 0.4) is 0 Å². The van der Waals surface area contributed by atoms with Gasteiger partial charge in [-0.25, -0.2) is 9.07 Å². The van der Waals surface area contributed by atoms with E-state index in [1.54, 1.807) is 12.1 Å². The van der Waals surface area contributed by atoms with E-state index in [0.29, 0.717) is 5.69 Å². The zero-order chi connectivity index (χ0) is 18.1. The molecule has 4 rings (SSSR count). The molecule has 26 heavy (non-hydrogen) atoms. The van der Waals surface area contributed by atoms with Gasteiger partial charge in [0.05, 0.1) is 11.7 Å². The number of hydrogen-bond acceptors (Lipinski definition) is 2. The number of nitrogens with zero attached hydrogens (tertiary/aromatic N) is 2. The largest absolute Gasteiger partial charge is 0.344 e. The van der Waals surface area contributed by atoms with E-state index in [0.717, 1.165) is 41.8 Å². The predicted octanol–water partition coefficient (Wildman–Crippen LogP) is 3.99. The number of aromatic nitrogens is 2. The van der Waals surface area contributed by atoms with E-state index in [1.165, 1.54) is 12.1 Å². The van der Waals surface area contributed by atoms with Crippen molar-refractivity contribution < 1.29 is 9.18 Å². The summed E-state index contributed by atoms with van der Waals surface area (Å²) in [7, 11) is 0. The minimum absolute atomic E-state index is 0.186. The van der Waals surface area contributed by atoms with Crippen LogP contribution in [-0.2, 0) is 12.8 Å². The highest BCUT2D eigenvalue weighted by Crippen LogP contribution is 2.28. The molecule has 132 valence electrons. The average molecular weight is 349 g/mol. The summed E-state index contributed by atoms with van der Waals surface area (Å²) < 4.78 is 15.0. The number of hydrogen-bond donors (Lipinski definition) is 1. The van der Waals surface area contributed by atoms with E-state index < -0.39 is 0 Å². The highest BCUT2D eigenvalue weighted by atomic mass is 19.1. The van der Waals surface area contributed by atoms with E-state index in [9.17, 15) is 9.18 Å². The summed E-state index contributed by atoms with van der Waals surface area (Å²) in [4.78, 5) is 12.8. The van der Waals surface area contributed by atoms with Crippen molar-refractivity contribution in [3.63, 3.8) is 0 Å². The number of benzene rings is 2. The fourth-order valence-electron chi connectivity index (χ4n) is 3.50. The second kappa shape index (κ2) is 6.75. The van der Waals surface area contributed by atoms with Crippen LogP contribution in [0.15, 0.2) is 54.6 Å². The molecule has 5 heteroatoms. The minimum atomic E-state index is -0.285. The SMILES string of the molecule is C[C@H](NC(=O)c1nn(-c2ccccc2)c2c1CCC2)c1ccc(F)cc1. The number of fused-ring (bicyclic) bond motifs is 1. The van der Waals surface area contributed by atoms with Crippen LogP contribution in [0.2, 0.25) is 0 Å². The Hall–Kier alpha value is -2.95. The molecule has 0 spiro atoms. The highest BCUT2D eigenvalue weighted by Gasteiger charge is 2.27. The van der Waals surface area contributed by atoms with E-state index in [-0.39, 0.29) is 17.8 Å². The number of para-hydroxylation sites is 1. The Balaban J connectivity index is 1.61. The molecule has 0 bridgehead atoms. The van der Waals surface area contributed by atoms with Gasteiger partial charge in [0, 0.05) is 11.3 Å². The smallest absolute Gasteiger partial charge is 0.272 e. The predicted molar refractivity (Wildman–Crippen MR) is 97.9 cm³/mol. The monoisotopic (exact) mass is 349 g/mol. The van der Waals surface area contributed by atoms with Crippen LogP contribution in [0.4, 0.5) is 4.39 Å². The molecule has 1 heterocycles. The molecule has 4 nitrogen and oxygen atoms in total. The van der Waals surface area contributed by atoms with Gasteiger partial charge in [-0.2, -0.15) is 5.10 Å². The van der Waals surface area contributed by atoms with Crippen molar-refractivity contribution >= 4 is 5.91 Å². The lowest BCUT2D eigenvalue weighted by Crippen LogP contribution is -2.28. The van der Waals surface area contributed by atoms with Crippen molar-refractivity contribution in [2.75, 3.05) is 0 Å². The minimum Gasteiger partial charge on any atom is -0.344 e. The normalized spacial score (nSPS) is 14.1. The molecule has 1 atom stereocenters. The molecule has 0 unspecified atom stereocenters. The van der Waals surface area contributed by atoms with E-state index in [1.807, 2.05) is 41.9 Å². The molecule has 3 aromatic rings. The standard InChI is InChI=1S/C21H20FN3O/c1-14(15-10-12-16(22)13-11-15)23-21(26)20-18-8-5-9-19(18)25(24-20)17-6-3-2-4-7-17/h2-4,6-7,10-14H,5,8-9H2,1H3,(H,23,26)/t14-/m0/s1. The Morgan fingerprint density at radius 3 is 2.58 bits per heavy atom. The van der Waals surface area contributed by atoms with Crippen molar-refractivity contribution in [2.45, 2.75) is 32.2 Å². The number of halogens is 1. The van der Waals surface area contributed by atoms with Crippen LogP contribution in [0.25, 0.3) is 5.69 Å². The van der Waals surface area contributed by atoms with Crippen molar-refractivity contribution in [3.05, 3.63) is 82.9 Å². The topological polar surface area (TPSA) is 46.9 Å². The first-order valence-electron chi connectivity index (χ1n) is 8.86. The van der Waals surface area contributed by atoms with Gasteiger partial charge >= 0.3 is 0 Å². The number of nitrogens with one attached hydrogen (secondary N) is 1. The summed E-state index contributed by atoms with van der Waals surface area (Å²) in [5, 5.41) is 7.60. The van der Waals surface area contributed by atoms with Gasteiger partial charge in [0.15, 0.2) is 5.69 Å². The Bertz CT molecular complexity index is 932. The Kier molecular flexibility index (Phi) is 4.29. The van der Waals surface area contributed by atoms with Gasteiger partial charge in [-0.15, -0.1) is 0 Å². The van der Waals surface area contributed by atoms with Crippen molar-refractivity contribution in [1.29, 1.82) is 0 Å². The number of carbonyl (C=O) groups excluding carboxylic acids is 1. The van der Waals surface area contributed by atoms with Crippen molar-refractivity contribution in [2.24, 2.45) is 0 Å². The average Bonchev–Trinajstić information content (AvgIpc) is 3.25. The van der Waals surface area contributed by atoms with Gasteiger partial charge in [-0.1, -0.05) is 30.3 Å². The van der Waals surface area contributed by atoms with Gasteiger partial charge in [0.2, 0.25) is 0 Å². The molecule has 1 N–H and O–H groups in total. The van der Waals surface area contributed by atoms with Crippen LogP contribution in [-0.4, -0.2) is 15.7 Å². The van der Waals surface area contributed by atoms with Crippen LogP contribution in [0.5, 0.6) is 0 Å². The van der Waals surface area contributed by atoms with Crippen molar-refractivity contribution in [3.8, 4) is 5.69 Å². The molecule has 0 aliphatic heterocycles.